The molecule has 3 aromatic rings. The van der Waals surface area contributed by atoms with Crippen LogP contribution in [0.2, 0.25) is 0 Å². The molecule has 0 radical (unpaired) electrons. The molecule has 30 heavy (non-hydrogen) atoms. The fourth-order valence-electron chi connectivity index (χ4n) is 3.49. The van der Waals surface area contributed by atoms with Gasteiger partial charge in [-0.05, 0) is 37.6 Å². The van der Waals surface area contributed by atoms with Crippen molar-refractivity contribution in [2.24, 2.45) is 0 Å². The van der Waals surface area contributed by atoms with Crippen LogP contribution in [0, 0.1) is 0 Å². The van der Waals surface area contributed by atoms with Crippen molar-refractivity contribution in [3.8, 4) is 5.75 Å². The summed E-state index contributed by atoms with van der Waals surface area (Å²) in [6.45, 7) is 7.67. The zero-order valence-corrected chi connectivity index (χ0v) is 18.2. The predicted molar refractivity (Wildman–Crippen MR) is 118 cm³/mol. The number of carbonyl (C=O) groups is 1. The lowest BCUT2D eigenvalue weighted by Gasteiger charge is -2.27. The molecule has 3 heterocycles. The summed E-state index contributed by atoms with van der Waals surface area (Å²) in [5.74, 6) is 0.666. The first-order valence-corrected chi connectivity index (χ1v) is 11.1. The number of benzene rings is 1. The Kier molecular flexibility index (Phi) is 6.61. The van der Waals surface area contributed by atoms with Crippen molar-refractivity contribution in [3.05, 3.63) is 36.2 Å². The van der Waals surface area contributed by atoms with Crippen molar-refractivity contribution >= 4 is 32.6 Å². The minimum absolute atomic E-state index is 0.116. The van der Waals surface area contributed by atoms with Crippen molar-refractivity contribution in [1.29, 1.82) is 0 Å². The summed E-state index contributed by atoms with van der Waals surface area (Å²) in [5, 5.41) is 5.10. The molecule has 160 valence electrons. The van der Waals surface area contributed by atoms with Gasteiger partial charge in [0.25, 0.3) is 5.91 Å². The van der Waals surface area contributed by atoms with Crippen LogP contribution in [-0.4, -0.2) is 72.1 Å². The Balaban J connectivity index is 1.56. The predicted octanol–water partition coefficient (Wildman–Crippen LogP) is 2.89. The maximum Gasteiger partial charge on any atom is 0.280 e. The van der Waals surface area contributed by atoms with Crippen molar-refractivity contribution in [2.45, 2.75) is 19.9 Å². The van der Waals surface area contributed by atoms with Crippen LogP contribution in [0.15, 0.2) is 30.5 Å². The lowest BCUT2D eigenvalue weighted by Crippen LogP contribution is -2.39. The molecular weight excluding hydrogens is 402 g/mol. The largest absolute Gasteiger partial charge is 0.497 e. The van der Waals surface area contributed by atoms with E-state index in [1.165, 1.54) is 11.3 Å². The average Bonchev–Trinajstić information content (AvgIpc) is 3.43. The fourth-order valence-corrected chi connectivity index (χ4v) is 4.51. The van der Waals surface area contributed by atoms with Crippen LogP contribution >= 0.6 is 11.3 Å². The highest BCUT2D eigenvalue weighted by atomic mass is 32.1. The van der Waals surface area contributed by atoms with Crippen LogP contribution in [-0.2, 0) is 11.3 Å². The number of anilines is 1. The average molecular weight is 430 g/mol. The smallest absolute Gasteiger partial charge is 0.280 e. The molecule has 0 spiro atoms. The molecule has 0 bridgehead atoms. The van der Waals surface area contributed by atoms with Gasteiger partial charge < -0.3 is 9.47 Å². The molecule has 2 aromatic heterocycles. The normalized spacial score (nSPS) is 14.9. The topological polar surface area (TPSA) is 72.7 Å². The number of aromatic nitrogens is 3. The van der Waals surface area contributed by atoms with Gasteiger partial charge in [-0.15, -0.1) is 0 Å². The summed E-state index contributed by atoms with van der Waals surface area (Å²) in [7, 11) is 1.65. The van der Waals surface area contributed by atoms with Gasteiger partial charge in [0.2, 0.25) is 0 Å². The second-order valence-corrected chi connectivity index (χ2v) is 8.16. The lowest BCUT2D eigenvalue weighted by atomic mass is 10.3. The third-order valence-corrected chi connectivity index (χ3v) is 6.25. The molecule has 9 heteroatoms. The number of carbonyl (C=O) groups excluding carboxylic acids is 1. The van der Waals surface area contributed by atoms with E-state index in [9.17, 15) is 4.79 Å². The molecule has 1 saturated heterocycles. The zero-order valence-electron chi connectivity index (χ0n) is 17.4. The number of fused-ring (bicyclic) bond motifs is 1. The number of hydrogen-bond acceptors (Lipinski definition) is 7. The molecule has 1 amide bonds. The van der Waals surface area contributed by atoms with Gasteiger partial charge in [0, 0.05) is 38.9 Å². The Hall–Kier alpha value is -2.49. The van der Waals surface area contributed by atoms with E-state index in [2.05, 4.69) is 10.00 Å². The monoisotopic (exact) mass is 429 g/mol. The Morgan fingerprint density at radius 3 is 2.87 bits per heavy atom. The summed E-state index contributed by atoms with van der Waals surface area (Å²) in [5.41, 5.74) is 1.31. The van der Waals surface area contributed by atoms with Crippen molar-refractivity contribution in [3.63, 3.8) is 0 Å². The van der Waals surface area contributed by atoms with Gasteiger partial charge in [-0.3, -0.25) is 19.3 Å². The number of ether oxygens (including phenoxy) is 2. The molecule has 0 N–H and O–H groups in total. The van der Waals surface area contributed by atoms with E-state index < -0.39 is 0 Å². The highest BCUT2D eigenvalue weighted by Crippen LogP contribution is 2.32. The molecule has 8 nitrogen and oxygen atoms in total. The minimum Gasteiger partial charge on any atom is -0.497 e. The number of nitrogens with zero attached hydrogens (tertiary/aromatic N) is 5. The summed E-state index contributed by atoms with van der Waals surface area (Å²) in [6, 6.07) is 7.55. The molecule has 0 aliphatic carbocycles. The van der Waals surface area contributed by atoms with E-state index in [4.69, 9.17) is 14.5 Å². The van der Waals surface area contributed by atoms with Crippen LogP contribution in [0.1, 0.15) is 23.8 Å². The molecule has 1 aliphatic heterocycles. The van der Waals surface area contributed by atoms with E-state index in [0.717, 1.165) is 61.8 Å². The first-order valence-electron chi connectivity index (χ1n) is 10.3. The van der Waals surface area contributed by atoms with E-state index in [0.29, 0.717) is 17.4 Å². The van der Waals surface area contributed by atoms with Gasteiger partial charge >= 0.3 is 0 Å². The second kappa shape index (κ2) is 9.55. The number of methoxy groups -OCH3 is 1. The first-order chi connectivity index (χ1) is 14.7. The molecule has 1 aromatic carbocycles. The van der Waals surface area contributed by atoms with Crippen molar-refractivity contribution in [2.75, 3.05) is 51.4 Å². The molecule has 4 rings (SSSR count). The molecule has 1 aliphatic rings. The molecule has 0 atom stereocenters. The molecule has 0 saturated carbocycles. The maximum atomic E-state index is 13.3. The Morgan fingerprint density at radius 1 is 1.30 bits per heavy atom. The standard InChI is InChI=1S/C21H27N5O3S/c1-3-25-10-7-18(23-25)20(27)26(9-4-8-24-11-13-29-14-12-24)21-22-17-6-5-16(28-2)15-19(17)30-21/h5-7,10,15H,3-4,8-9,11-14H2,1-2H3. The summed E-state index contributed by atoms with van der Waals surface area (Å²) >= 11 is 1.50. The number of rotatable bonds is 8. The van der Waals surface area contributed by atoms with E-state index >= 15 is 0 Å². The number of hydrogen-bond donors (Lipinski definition) is 0. The second-order valence-electron chi connectivity index (χ2n) is 7.15. The first kappa shape index (κ1) is 20.8. The van der Waals surface area contributed by atoms with Gasteiger partial charge in [0.15, 0.2) is 10.8 Å². The zero-order chi connectivity index (χ0) is 20.9. The third kappa shape index (κ3) is 4.63. The lowest BCUT2D eigenvalue weighted by molar-refractivity contribution is 0.0376. The summed E-state index contributed by atoms with van der Waals surface area (Å²) in [6.07, 6.45) is 2.70. The van der Waals surface area contributed by atoms with Crippen LogP contribution in [0.3, 0.4) is 0 Å². The molecule has 0 unspecified atom stereocenters. The highest BCUT2D eigenvalue weighted by Gasteiger charge is 2.23. The third-order valence-electron chi connectivity index (χ3n) is 5.20. The fraction of sp³-hybridized carbons (Fsp3) is 0.476. The number of aryl methyl sites for hydroxylation is 1. The number of amides is 1. The maximum absolute atomic E-state index is 13.3. The number of morpholine rings is 1. The summed E-state index contributed by atoms with van der Waals surface area (Å²) in [4.78, 5) is 22.2. The van der Waals surface area contributed by atoms with Crippen molar-refractivity contribution < 1.29 is 14.3 Å². The molecule has 1 fully saturated rings. The Morgan fingerprint density at radius 2 is 2.13 bits per heavy atom. The minimum atomic E-state index is -0.116. The van der Waals surface area contributed by atoms with Crippen LogP contribution in [0.25, 0.3) is 10.2 Å². The van der Waals surface area contributed by atoms with Crippen LogP contribution in [0.5, 0.6) is 5.75 Å². The van der Waals surface area contributed by atoms with Gasteiger partial charge in [0.1, 0.15) is 5.75 Å². The van der Waals surface area contributed by atoms with E-state index in [1.54, 1.807) is 22.8 Å². The van der Waals surface area contributed by atoms with Crippen LogP contribution in [0.4, 0.5) is 5.13 Å². The quantitative estimate of drug-likeness (QED) is 0.548. The van der Waals surface area contributed by atoms with Gasteiger partial charge in [-0.2, -0.15) is 5.10 Å². The van der Waals surface area contributed by atoms with E-state index in [1.807, 2.05) is 31.3 Å². The molecular formula is C21H27N5O3S. The Labute approximate surface area is 180 Å². The van der Waals surface area contributed by atoms with Gasteiger partial charge in [-0.25, -0.2) is 4.98 Å². The number of thiazole rings is 1. The summed E-state index contributed by atoms with van der Waals surface area (Å²) < 4.78 is 13.5. The van der Waals surface area contributed by atoms with Crippen LogP contribution < -0.4 is 9.64 Å². The van der Waals surface area contributed by atoms with Gasteiger partial charge in [0.05, 0.1) is 30.5 Å². The van der Waals surface area contributed by atoms with Gasteiger partial charge in [-0.1, -0.05) is 11.3 Å². The highest BCUT2D eigenvalue weighted by molar-refractivity contribution is 7.22. The van der Waals surface area contributed by atoms with E-state index in [-0.39, 0.29) is 5.91 Å². The Bertz CT molecular complexity index is 996. The van der Waals surface area contributed by atoms with Crippen molar-refractivity contribution in [1.82, 2.24) is 19.7 Å². The SMILES string of the molecule is CCn1ccc(C(=O)N(CCCN2CCOCC2)c2nc3ccc(OC)cc3s2)n1.